The first-order valence-corrected chi connectivity index (χ1v) is 7.60. The molecule has 2 aromatic rings. The molecular weight excluding hydrogens is 334 g/mol. The minimum atomic E-state index is -3.82. The smallest absolute Gasteiger partial charge is 0.282 e. The number of nitrogens with one attached hydrogen (secondary N) is 2. The summed E-state index contributed by atoms with van der Waals surface area (Å²) in [6.45, 7) is 1.80. The number of pyridine rings is 1. The molecule has 4 N–H and O–H groups in total. The maximum atomic E-state index is 12.2. The summed E-state index contributed by atoms with van der Waals surface area (Å²) in [6.07, 6.45) is 1.49. The second kappa shape index (κ2) is 5.27. The van der Waals surface area contributed by atoms with Crippen LogP contribution in [0.1, 0.15) is 11.3 Å². The number of H-pyrrole nitrogens is 1. The van der Waals surface area contributed by atoms with Gasteiger partial charge in [0.05, 0.1) is 4.47 Å². The van der Waals surface area contributed by atoms with E-state index in [0.717, 1.165) is 0 Å². The number of nitrogens with two attached hydrogens (primary N) is 1. The zero-order valence-electron chi connectivity index (χ0n) is 10.0. The Morgan fingerprint density at radius 3 is 2.89 bits per heavy atom. The Morgan fingerprint density at radius 2 is 2.26 bits per heavy atom. The molecule has 7 nitrogen and oxygen atoms in total. The van der Waals surface area contributed by atoms with Gasteiger partial charge in [-0.25, -0.2) is 4.98 Å². The summed E-state index contributed by atoms with van der Waals surface area (Å²) in [5, 5.41) is 6.29. The van der Waals surface area contributed by atoms with Crippen LogP contribution in [0.4, 0.5) is 5.82 Å². The second-order valence-electron chi connectivity index (χ2n) is 3.78. The molecule has 2 rings (SSSR count). The lowest BCUT2D eigenvalue weighted by molar-refractivity contribution is 0.595. The SMILES string of the molecule is Cc1[nH]nc(S(=O)(=O)Nc2ncccc2Br)c1CN. The van der Waals surface area contributed by atoms with E-state index in [4.69, 9.17) is 5.73 Å². The quantitative estimate of drug-likeness (QED) is 0.768. The van der Waals surface area contributed by atoms with Crippen molar-refractivity contribution in [1.82, 2.24) is 15.2 Å². The van der Waals surface area contributed by atoms with Crippen LogP contribution >= 0.6 is 15.9 Å². The van der Waals surface area contributed by atoms with Crippen LogP contribution in [-0.2, 0) is 16.6 Å². The molecule has 0 atom stereocenters. The van der Waals surface area contributed by atoms with Crippen molar-refractivity contribution in [2.75, 3.05) is 4.72 Å². The third-order valence-electron chi connectivity index (χ3n) is 2.48. The average Bonchev–Trinajstić information content (AvgIpc) is 2.74. The van der Waals surface area contributed by atoms with E-state index in [1.807, 2.05) is 0 Å². The van der Waals surface area contributed by atoms with Gasteiger partial charge in [0.2, 0.25) is 5.03 Å². The van der Waals surface area contributed by atoms with E-state index in [0.29, 0.717) is 15.7 Å². The van der Waals surface area contributed by atoms with Crippen molar-refractivity contribution in [3.05, 3.63) is 34.1 Å². The van der Waals surface area contributed by atoms with Crippen molar-refractivity contribution < 1.29 is 8.42 Å². The minimum absolute atomic E-state index is 0.0853. The average molecular weight is 346 g/mol. The summed E-state index contributed by atoms with van der Waals surface area (Å²) < 4.78 is 27.4. The van der Waals surface area contributed by atoms with Gasteiger partial charge in [-0.2, -0.15) is 13.5 Å². The van der Waals surface area contributed by atoms with Gasteiger partial charge < -0.3 is 5.73 Å². The number of rotatable bonds is 4. The minimum Gasteiger partial charge on any atom is -0.326 e. The lowest BCUT2D eigenvalue weighted by Gasteiger charge is -2.07. The second-order valence-corrected chi connectivity index (χ2v) is 6.23. The fraction of sp³-hybridized carbons (Fsp3) is 0.200. The fourth-order valence-electron chi connectivity index (χ4n) is 1.53. The normalized spacial score (nSPS) is 11.5. The molecular formula is C10H12BrN5O2S. The predicted octanol–water partition coefficient (Wildman–Crippen LogP) is 1.14. The highest BCUT2D eigenvalue weighted by atomic mass is 79.9. The van der Waals surface area contributed by atoms with E-state index in [2.05, 4.69) is 35.8 Å². The molecule has 9 heteroatoms. The van der Waals surface area contributed by atoms with Gasteiger partial charge >= 0.3 is 0 Å². The molecule has 0 spiro atoms. The van der Waals surface area contributed by atoms with Crippen LogP contribution < -0.4 is 10.5 Å². The Bertz CT molecular complexity index is 698. The number of aryl methyl sites for hydroxylation is 1. The number of sulfonamides is 1. The lowest BCUT2D eigenvalue weighted by Crippen LogP contribution is -2.17. The highest BCUT2D eigenvalue weighted by molar-refractivity contribution is 9.10. The number of aromatic nitrogens is 3. The molecule has 0 amide bonds. The first-order chi connectivity index (χ1) is 8.95. The van der Waals surface area contributed by atoms with Gasteiger partial charge in [-0.15, -0.1) is 0 Å². The number of hydrogen-bond donors (Lipinski definition) is 3. The molecule has 102 valence electrons. The van der Waals surface area contributed by atoms with Crippen LogP contribution in [0.2, 0.25) is 0 Å². The van der Waals surface area contributed by atoms with Crippen molar-refractivity contribution in [2.24, 2.45) is 5.73 Å². The molecule has 2 heterocycles. The Labute approximate surface area is 118 Å². The van der Waals surface area contributed by atoms with Crippen LogP contribution in [0, 0.1) is 6.92 Å². The number of halogens is 1. The van der Waals surface area contributed by atoms with Crippen molar-refractivity contribution in [3.63, 3.8) is 0 Å². The van der Waals surface area contributed by atoms with Crippen molar-refractivity contribution in [2.45, 2.75) is 18.5 Å². The van der Waals surface area contributed by atoms with E-state index in [9.17, 15) is 8.42 Å². The largest absolute Gasteiger partial charge is 0.326 e. The molecule has 0 aliphatic carbocycles. The molecule has 0 saturated carbocycles. The summed E-state index contributed by atoms with van der Waals surface area (Å²) in [5.41, 5.74) is 6.62. The van der Waals surface area contributed by atoms with Gasteiger partial charge in [-0.1, -0.05) is 0 Å². The molecule has 0 unspecified atom stereocenters. The summed E-state index contributed by atoms with van der Waals surface area (Å²) >= 11 is 3.22. The number of nitrogens with zero attached hydrogens (tertiary/aromatic N) is 2. The topological polar surface area (TPSA) is 114 Å². The molecule has 19 heavy (non-hydrogen) atoms. The fourth-order valence-corrected chi connectivity index (χ4v) is 3.25. The highest BCUT2D eigenvalue weighted by Crippen LogP contribution is 2.23. The van der Waals surface area contributed by atoms with Gasteiger partial charge in [0.1, 0.15) is 0 Å². The number of hydrogen-bond acceptors (Lipinski definition) is 5. The lowest BCUT2D eigenvalue weighted by atomic mass is 10.3. The third kappa shape index (κ3) is 2.77. The van der Waals surface area contributed by atoms with E-state index >= 15 is 0 Å². The third-order valence-corrected chi connectivity index (χ3v) is 4.43. The Morgan fingerprint density at radius 1 is 1.53 bits per heavy atom. The van der Waals surface area contributed by atoms with Gasteiger partial charge in [-0.05, 0) is 35.0 Å². The van der Waals surface area contributed by atoms with Gasteiger partial charge in [0.25, 0.3) is 10.0 Å². The van der Waals surface area contributed by atoms with Crippen LogP contribution in [0.3, 0.4) is 0 Å². The predicted molar refractivity (Wildman–Crippen MR) is 74.0 cm³/mol. The monoisotopic (exact) mass is 345 g/mol. The number of aromatic amines is 1. The highest BCUT2D eigenvalue weighted by Gasteiger charge is 2.24. The van der Waals surface area contributed by atoms with Gasteiger partial charge in [-0.3, -0.25) is 9.82 Å². The Balaban J connectivity index is 2.41. The zero-order valence-corrected chi connectivity index (χ0v) is 12.4. The van der Waals surface area contributed by atoms with Crippen LogP contribution in [0.25, 0.3) is 0 Å². The van der Waals surface area contributed by atoms with Crippen molar-refractivity contribution in [1.29, 1.82) is 0 Å². The molecule has 2 aromatic heterocycles. The van der Waals surface area contributed by atoms with E-state index in [1.54, 1.807) is 19.1 Å². The molecule has 0 aliphatic rings. The van der Waals surface area contributed by atoms with Crippen LogP contribution in [0.5, 0.6) is 0 Å². The summed E-state index contributed by atoms with van der Waals surface area (Å²) in [4.78, 5) is 3.94. The summed E-state index contributed by atoms with van der Waals surface area (Å²) in [7, 11) is -3.82. The van der Waals surface area contributed by atoms with E-state index in [1.165, 1.54) is 6.20 Å². The number of anilines is 1. The van der Waals surface area contributed by atoms with Gasteiger partial charge in [0.15, 0.2) is 5.82 Å². The molecule has 0 aromatic carbocycles. The molecule has 0 aliphatic heterocycles. The summed E-state index contributed by atoms with van der Waals surface area (Å²) in [6, 6.07) is 3.37. The van der Waals surface area contributed by atoms with Crippen molar-refractivity contribution >= 4 is 31.8 Å². The Hall–Kier alpha value is -1.45. The summed E-state index contributed by atoms with van der Waals surface area (Å²) in [5.74, 6) is 0.200. The van der Waals surface area contributed by atoms with Crippen molar-refractivity contribution in [3.8, 4) is 0 Å². The molecule has 0 bridgehead atoms. The Kier molecular flexibility index (Phi) is 3.88. The first-order valence-electron chi connectivity index (χ1n) is 5.33. The molecule has 0 saturated heterocycles. The van der Waals surface area contributed by atoms with Gasteiger partial charge in [0, 0.05) is 24.0 Å². The van der Waals surface area contributed by atoms with Crippen LogP contribution in [0.15, 0.2) is 27.8 Å². The molecule has 0 radical (unpaired) electrons. The van der Waals surface area contributed by atoms with E-state index in [-0.39, 0.29) is 17.4 Å². The van der Waals surface area contributed by atoms with E-state index < -0.39 is 10.0 Å². The maximum absolute atomic E-state index is 12.2. The first kappa shape index (κ1) is 14.0. The standard InChI is InChI=1S/C10H12BrN5O2S/c1-6-7(5-12)10(15-14-6)19(17,18)16-9-8(11)3-2-4-13-9/h2-4H,5,12H2,1H3,(H,13,16)(H,14,15). The van der Waals surface area contributed by atoms with Crippen LogP contribution in [-0.4, -0.2) is 23.6 Å². The molecule has 0 fully saturated rings. The maximum Gasteiger partial charge on any atom is 0.282 e. The zero-order chi connectivity index (χ0) is 14.0.